The van der Waals surface area contributed by atoms with Crippen LogP contribution >= 0.6 is 10.5 Å². The first-order chi connectivity index (χ1) is 18.1. The zero-order chi connectivity index (χ0) is 27.8. The first-order valence-electron chi connectivity index (χ1n) is 11.4. The molecular formula is C28H30NiO4P2S4+2. The molecule has 0 aliphatic heterocycles. The fourth-order valence-corrected chi connectivity index (χ4v) is 9.30. The Morgan fingerprint density at radius 1 is 0.410 bits per heavy atom. The van der Waals surface area contributed by atoms with Gasteiger partial charge in [0.2, 0.25) is 0 Å². The Balaban J connectivity index is 0.000000267. The first kappa shape index (κ1) is 33.8. The fourth-order valence-electron chi connectivity index (χ4n) is 3.44. The van der Waals surface area contributed by atoms with Crippen LogP contribution in [0, 0.1) is 0 Å². The van der Waals surface area contributed by atoms with Crippen LogP contribution in [0.2, 0.25) is 0 Å². The molecule has 39 heavy (non-hydrogen) atoms. The predicted molar refractivity (Wildman–Crippen MR) is 177 cm³/mol. The van der Waals surface area contributed by atoms with Crippen LogP contribution < -0.4 is 40.2 Å². The Morgan fingerprint density at radius 3 is 0.692 bits per heavy atom. The van der Waals surface area contributed by atoms with Crippen LogP contribution in [-0.4, -0.2) is 28.4 Å². The van der Waals surface area contributed by atoms with Crippen LogP contribution in [0.4, 0.5) is 0 Å². The summed E-state index contributed by atoms with van der Waals surface area (Å²) in [5, 5.41) is 0.128. The van der Waals surface area contributed by atoms with Gasteiger partial charge in [-0.1, -0.05) is 0 Å². The van der Waals surface area contributed by atoms with Gasteiger partial charge in [0.05, 0.1) is 38.9 Å². The van der Waals surface area contributed by atoms with Crippen LogP contribution in [0.25, 0.3) is 0 Å². The van der Waals surface area contributed by atoms with E-state index in [9.17, 15) is 0 Å². The minimum absolute atomic E-state index is 0. The molecule has 0 aliphatic rings. The van der Waals surface area contributed by atoms with Gasteiger partial charge in [0, 0.05) is 21.2 Å². The molecule has 0 bridgehead atoms. The minimum atomic E-state index is -2.04. The molecule has 0 aromatic heterocycles. The van der Waals surface area contributed by atoms with Gasteiger partial charge < -0.3 is 43.4 Å². The number of benzene rings is 4. The Bertz CT molecular complexity index is 1200. The quantitative estimate of drug-likeness (QED) is 0.0889. The number of hydrogen-bond donors (Lipinski definition) is 0. The molecule has 0 N–H and O–H groups in total. The molecule has 0 atom stereocenters. The van der Waals surface area contributed by atoms with E-state index >= 15 is 0 Å². The van der Waals surface area contributed by atoms with Gasteiger partial charge in [-0.15, -0.1) is 0 Å². The molecule has 4 aromatic carbocycles. The number of methoxy groups -OCH3 is 4. The number of rotatable bonds is 8. The van der Waals surface area contributed by atoms with E-state index < -0.39 is 10.5 Å². The summed E-state index contributed by atoms with van der Waals surface area (Å²) in [6.07, 6.45) is 0. The van der Waals surface area contributed by atoms with Crippen molar-refractivity contribution in [3.05, 3.63) is 97.1 Å². The first-order valence-corrected chi connectivity index (χ1v) is 19.3. The molecule has 0 amide bonds. The summed E-state index contributed by atoms with van der Waals surface area (Å²) in [4.78, 5) is 0. The Kier molecular flexibility index (Phi) is 13.5. The summed E-state index contributed by atoms with van der Waals surface area (Å²) in [5.41, 5.74) is 0. The summed E-state index contributed by atoms with van der Waals surface area (Å²) < 4.78 is 20.6. The molecule has 0 aliphatic carbocycles. The zero-order valence-corrected chi connectivity index (χ0v) is 28.0. The predicted octanol–water partition coefficient (Wildman–Crippen LogP) is 4.65. The molecule has 11 heteroatoms. The Morgan fingerprint density at radius 2 is 0.564 bits per heavy atom. The average molecular weight is 679 g/mol. The van der Waals surface area contributed by atoms with E-state index in [1.54, 1.807) is 28.4 Å². The third kappa shape index (κ3) is 8.78. The van der Waals surface area contributed by atoms with Gasteiger partial charge in [-0.05, 0) is 97.1 Å². The zero-order valence-electron chi connectivity index (χ0n) is 21.8. The second-order valence-electron chi connectivity index (χ2n) is 7.94. The van der Waals surface area contributed by atoms with E-state index in [0.717, 1.165) is 44.2 Å². The largest absolute Gasteiger partial charge is 2.00 e. The van der Waals surface area contributed by atoms with Crippen molar-refractivity contribution >= 4 is 79.8 Å². The van der Waals surface area contributed by atoms with Crippen LogP contribution in [0.5, 0.6) is 23.0 Å². The molecule has 0 saturated carbocycles. The SMILES string of the molecule is COc1ccc(P([S-])(=[SH+])c2ccc(OC)cc2)cc1.COc1ccc(P([S-])(=[SH+])c2ccc(OC)cc2)cc1.[Ni+2]. The molecule has 0 spiro atoms. The monoisotopic (exact) mass is 678 g/mol. The van der Waals surface area contributed by atoms with E-state index in [2.05, 4.69) is 0 Å². The van der Waals surface area contributed by atoms with Crippen molar-refractivity contribution in [2.75, 3.05) is 28.4 Å². The van der Waals surface area contributed by atoms with Gasteiger partial charge in [0.25, 0.3) is 0 Å². The maximum absolute atomic E-state index is 5.73. The van der Waals surface area contributed by atoms with Gasteiger partial charge in [-0.2, -0.15) is 0 Å². The normalized spacial score (nSPS) is 10.8. The summed E-state index contributed by atoms with van der Waals surface area (Å²) in [6.45, 7) is 0. The summed E-state index contributed by atoms with van der Waals surface area (Å²) in [5.74, 6) is 3.28. The van der Waals surface area contributed by atoms with Gasteiger partial charge >= 0.3 is 16.5 Å². The Labute approximate surface area is 262 Å². The van der Waals surface area contributed by atoms with Gasteiger partial charge in [0.1, 0.15) is 46.6 Å². The van der Waals surface area contributed by atoms with E-state index in [4.69, 9.17) is 67.1 Å². The third-order valence-electron chi connectivity index (χ3n) is 5.69. The molecule has 0 saturated heterocycles. The van der Waals surface area contributed by atoms with Crippen molar-refractivity contribution < 1.29 is 35.4 Å². The van der Waals surface area contributed by atoms with Crippen molar-refractivity contribution in [2.24, 2.45) is 0 Å². The van der Waals surface area contributed by atoms with Crippen LogP contribution in [-0.2, 0) is 64.6 Å². The molecule has 0 unspecified atom stereocenters. The minimum Gasteiger partial charge on any atom is -0.691 e. The van der Waals surface area contributed by atoms with Crippen molar-refractivity contribution in [1.29, 1.82) is 0 Å². The van der Waals surface area contributed by atoms with E-state index in [1.165, 1.54) is 0 Å². The van der Waals surface area contributed by atoms with Gasteiger partial charge in [0.15, 0.2) is 0 Å². The topological polar surface area (TPSA) is 36.9 Å². The van der Waals surface area contributed by atoms with E-state index in [0.29, 0.717) is 0 Å². The maximum Gasteiger partial charge on any atom is 2.00 e. The number of ether oxygens (including phenoxy) is 4. The standard InChI is InChI=1S/2C14H15O2PS2.Ni/c2*1-15-11-3-7-13(8-4-11)17(18,19)14-9-5-12(16-2)6-10-14;/h2*3-10H,1-2H3,(H,18,19);/q;;+2. The summed E-state index contributed by atoms with van der Waals surface area (Å²) in [7, 11) is 6.59. The molecule has 0 radical (unpaired) electrons. The van der Waals surface area contributed by atoms with Gasteiger partial charge in [-0.25, -0.2) is 0 Å². The summed E-state index contributed by atoms with van der Waals surface area (Å²) in [6, 6.07) is 31.2. The van der Waals surface area contributed by atoms with Gasteiger partial charge in [-0.3, -0.25) is 0 Å². The molecular weight excluding hydrogens is 649 g/mol. The molecule has 4 nitrogen and oxygen atoms in total. The molecule has 4 rings (SSSR count). The fraction of sp³-hybridized carbons (Fsp3) is 0.143. The second-order valence-corrected chi connectivity index (χ2v) is 20.8. The van der Waals surface area contributed by atoms with Crippen LogP contribution in [0.15, 0.2) is 97.1 Å². The molecule has 4 aromatic rings. The van der Waals surface area contributed by atoms with Crippen molar-refractivity contribution in [3.63, 3.8) is 0 Å². The van der Waals surface area contributed by atoms with Crippen molar-refractivity contribution in [2.45, 2.75) is 0 Å². The number of thiol groups is 2. The molecule has 208 valence electrons. The Hall–Kier alpha value is -1.43. The average Bonchev–Trinajstić information content (AvgIpc) is 2.97. The van der Waals surface area contributed by atoms with E-state index in [-0.39, 0.29) is 16.5 Å². The maximum atomic E-state index is 5.73. The summed E-state index contributed by atoms with van der Waals surface area (Å²) >= 11 is 20.9. The smallest absolute Gasteiger partial charge is 0.691 e. The second kappa shape index (κ2) is 15.5. The van der Waals surface area contributed by atoms with Crippen molar-refractivity contribution in [1.82, 2.24) is 0 Å². The van der Waals surface area contributed by atoms with E-state index in [1.807, 2.05) is 97.1 Å². The van der Waals surface area contributed by atoms with Crippen LogP contribution in [0.3, 0.4) is 0 Å². The molecule has 0 heterocycles. The third-order valence-corrected chi connectivity index (χ3v) is 15.0. The van der Waals surface area contributed by atoms with Crippen molar-refractivity contribution in [3.8, 4) is 23.0 Å². The number of hydrogen-bond acceptors (Lipinski definition) is 6. The molecule has 0 fully saturated rings. The van der Waals surface area contributed by atoms with Crippen LogP contribution in [0.1, 0.15) is 0 Å².